The topological polar surface area (TPSA) is 37.4 Å². The molecule has 2 rings (SSSR count). The van der Waals surface area contributed by atoms with Gasteiger partial charge in [-0.05, 0) is 24.1 Å². The molecule has 1 heterocycles. The van der Waals surface area contributed by atoms with Crippen molar-refractivity contribution in [2.24, 2.45) is 5.92 Å². The van der Waals surface area contributed by atoms with Crippen LogP contribution >= 0.6 is 11.8 Å². The first-order valence-corrected chi connectivity index (χ1v) is 7.47. The van der Waals surface area contributed by atoms with Crippen molar-refractivity contribution in [3.8, 4) is 0 Å². The number of amides is 1. The Kier molecular flexibility index (Phi) is 4.79. The highest BCUT2D eigenvalue weighted by atomic mass is 32.2. The van der Waals surface area contributed by atoms with Crippen molar-refractivity contribution in [2.75, 3.05) is 17.2 Å². The number of thioether (sulfide) groups is 1. The van der Waals surface area contributed by atoms with E-state index in [1.54, 1.807) is 0 Å². The second kappa shape index (κ2) is 6.28. The average molecular weight is 335 g/mol. The molecule has 0 bridgehead atoms. The zero-order valence-corrected chi connectivity index (χ0v) is 12.4. The van der Waals surface area contributed by atoms with Gasteiger partial charge in [0.05, 0.1) is 5.56 Å². The maximum absolute atomic E-state index is 13.3. The summed E-state index contributed by atoms with van der Waals surface area (Å²) in [5.74, 6) is -1.37. The third kappa shape index (κ3) is 3.79. The normalized spacial score (nSPS) is 18.9. The van der Waals surface area contributed by atoms with Crippen LogP contribution in [0, 0.1) is 11.7 Å². The summed E-state index contributed by atoms with van der Waals surface area (Å²) in [4.78, 5) is 24.1. The van der Waals surface area contributed by atoms with Crippen molar-refractivity contribution in [1.29, 1.82) is 0 Å². The molecular formula is C14H13F4NO2S. The van der Waals surface area contributed by atoms with Gasteiger partial charge in [-0.2, -0.15) is 13.2 Å². The van der Waals surface area contributed by atoms with Crippen LogP contribution in [0.15, 0.2) is 18.2 Å². The van der Waals surface area contributed by atoms with Gasteiger partial charge >= 0.3 is 6.18 Å². The molecule has 1 aliphatic heterocycles. The fraction of sp³-hybridized carbons (Fsp3) is 0.429. The number of hydrogen-bond donors (Lipinski definition) is 0. The summed E-state index contributed by atoms with van der Waals surface area (Å²) in [5, 5.41) is -0.0768. The van der Waals surface area contributed by atoms with E-state index in [0.717, 1.165) is 17.8 Å². The van der Waals surface area contributed by atoms with Gasteiger partial charge in [-0.3, -0.25) is 9.59 Å². The quantitative estimate of drug-likeness (QED) is 0.794. The molecule has 1 aliphatic rings. The molecule has 3 nitrogen and oxygen atoms in total. The molecule has 8 heteroatoms. The van der Waals surface area contributed by atoms with Crippen molar-refractivity contribution >= 4 is 28.5 Å². The molecule has 1 unspecified atom stereocenters. The summed E-state index contributed by atoms with van der Waals surface area (Å²) in [6, 6.07) is 2.51. The van der Waals surface area contributed by atoms with E-state index >= 15 is 0 Å². The zero-order valence-electron chi connectivity index (χ0n) is 11.6. The Morgan fingerprint density at radius 3 is 2.68 bits per heavy atom. The SMILES string of the molecule is CC(=O)SCC1CC(=O)N(c2ccc(F)c(C(F)(F)F)c2)C1. The lowest BCUT2D eigenvalue weighted by atomic mass is 10.1. The fourth-order valence-corrected chi connectivity index (χ4v) is 2.97. The van der Waals surface area contributed by atoms with E-state index in [-0.39, 0.29) is 35.6 Å². The molecule has 1 saturated heterocycles. The van der Waals surface area contributed by atoms with E-state index in [0.29, 0.717) is 17.9 Å². The van der Waals surface area contributed by atoms with Gasteiger partial charge in [0.2, 0.25) is 5.91 Å². The van der Waals surface area contributed by atoms with Gasteiger partial charge in [0.1, 0.15) is 5.82 Å². The number of carbonyl (C=O) groups excluding carboxylic acids is 2. The lowest BCUT2D eigenvalue weighted by molar-refractivity contribution is -0.140. The lowest BCUT2D eigenvalue weighted by Crippen LogP contribution is -2.25. The second-order valence-corrected chi connectivity index (χ2v) is 6.24. The standard InChI is InChI=1S/C14H13F4NO2S/c1-8(20)22-7-9-4-13(21)19(6-9)10-2-3-12(15)11(5-10)14(16,17)18/h2-3,5,9H,4,6-7H2,1H3. The Morgan fingerprint density at radius 2 is 2.09 bits per heavy atom. The summed E-state index contributed by atoms with van der Waals surface area (Å²) >= 11 is 1.08. The van der Waals surface area contributed by atoms with E-state index in [2.05, 4.69) is 0 Å². The molecule has 0 saturated carbocycles. The van der Waals surface area contributed by atoms with Gasteiger partial charge in [0.15, 0.2) is 5.12 Å². The Hall–Kier alpha value is -1.57. The van der Waals surface area contributed by atoms with E-state index in [9.17, 15) is 27.2 Å². The number of alkyl halides is 3. The molecule has 1 fully saturated rings. The van der Waals surface area contributed by atoms with Crippen LogP contribution < -0.4 is 4.90 Å². The molecule has 0 aromatic heterocycles. The Balaban J connectivity index is 2.18. The van der Waals surface area contributed by atoms with Crippen LogP contribution in [0.1, 0.15) is 18.9 Å². The first-order chi connectivity index (χ1) is 10.2. The third-order valence-electron chi connectivity index (χ3n) is 3.29. The van der Waals surface area contributed by atoms with Gasteiger partial charge in [-0.1, -0.05) is 11.8 Å². The molecule has 1 aromatic rings. The number of benzene rings is 1. The predicted octanol–water partition coefficient (Wildman–Crippen LogP) is 3.48. The van der Waals surface area contributed by atoms with Gasteiger partial charge in [0.25, 0.3) is 0 Å². The monoisotopic (exact) mass is 335 g/mol. The van der Waals surface area contributed by atoms with Crippen molar-refractivity contribution in [2.45, 2.75) is 19.5 Å². The predicted molar refractivity (Wildman–Crippen MR) is 75.0 cm³/mol. The van der Waals surface area contributed by atoms with Crippen LogP contribution in [-0.4, -0.2) is 23.3 Å². The van der Waals surface area contributed by atoms with Crippen LogP contribution in [0.25, 0.3) is 0 Å². The van der Waals surface area contributed by atoms with E-state index in [1.165, 1.54) is 11.8 Å². The molecule has 1 atom stereocenters. The first-order valence-electron chi connectivity index (χ1n) is 6.49. The summed E-state index contributed by atoms with van der Waals surface area (Å²) in [6.45, 7) is 1.64. The Labute approximate surface area is 128 Å². The molecular weight excluding hydrogens is 322 g/mol. The number of nitrogens with zero attached hydrogens (tertiary/aromatic N) is 1. The lowest BCUT2D eigenvalue weighted by Gasteiger charge is -2.18. The van der Waals surface area contributed by atoms with Crippen LogP contribution in [0.5, 0.6) is 0 Å². The summed E-state index contributed by atoms with van der Waals surface area (Å²) in [6.07, 6.45) is -4.65. The minimum atomic E-state index is -4.81. The molecule has 0 aliphatic carbocycles. The molecule has 1 amide bonds. The first kappa shape index (κ1) is 16.8. The number of hydrogen-bond acceptors (Lipinski definition) is 3. The smallest absolute Gasteiger partial charge is 0.312 e. The largest absolute Gasteiger partial charge is 0.419 e. The molecule has 22 heavy (non-hydrogen) atoms. The maximum atomic E-state index is 13.3. The molecule has 0 radical (unpaired) electrons. The van der Waals surface area contributed by atoms with Crippen molar-refractivity contribution in [1.82, 2.24) is 0 Å². The number of halogens is 4. The molecule has 120 valence electrons. The van der Waals surface area contributed by atoms with E-state index in [4.69, 9.17) is 0 Å². The molecule has 0 spiro atoms. The Morgan fingerprint density at radius 1 is 1.41 bits per heavy atom. The summed E-state index contributed by atoms with van der Waals surface area (Å²) in [5.41, 5.74) is -1.37. The summed E-state index contributed by atoms with van der Waals surface area (Å²) in [7, 11) is 0. The van der Waals surface area contributed by atoms with Gasteiger partial charge in [0, 0.05) is 31.3 Å². The van der Waals surface area contributed by atoms with E-state index < -0.39 is 17.6 Å². The number of carbonyl (C=O) groups is 2. The minimum Gasteiger partial charge on any atom is -0.312 e. The van der Waals surface area contributed by atoms with Gasteiger partial charge < -0.3 is 4.90 Å². The Bertz CT molecular complexity index is 603. The second-order valence-electron chi connectivity index (χ2n) is 5.04. The van der Waals surface area contributed by atoms with Crippen LogP contribution in [0.4, 0.5) is 23.2 Å². The van der Waals surface area contributed by atoms with Crippen LogP contribution in [0.3, 0.4) is 0 Å². The highest BCUT2D eigenvalue weighted by molar-refractivity contribution is 8.13. The van der Waals surface area contributed by atoms with Gasteiger partial charge in [-0.15, -0.1) is 0 Å². The van der Waals surface area contributed by atoms with Crippen molar-refractivity contribution in [3.63, 3.8) is 0 Å². The third-order valence-corrected chi connectivity index (χ3v) is 4.34. The molecule has 1 aromatic carbocycles. The zero-order chi connectivity index (χ0) is 16.5. The van der Waals surface area contributed by atoms with Crippen LogP contribution in [-0.2, 0) is 15.8 Å². The maximum Gasteiger partial charge on any atom is 0.419 e. The number of anilines is 1. The van der Waals surface area contributed by atoms with E-state index in [1.807, 2.05) is 0 Å². The highest BCUT2D eigenvalue weighted by Crippen LogP contribution is 2.35. The minimum absolute atomic E-state index is 0.0223. The fourth-order valence-electron chi connectivity index (χ4n) is 2.28. The highest BCUT2D eigenvalue weighted by Gasteiger charge is 2.36. The average Bonchev–Trinajstić information content (AvgIpc) is 2.77. The van der Waals surface area contributed by atoms with Crippen molar-refractivity contribution < 1.29 is 27.2 Å². The molecule has 0 N–H and O–H groups in total. The van der Waals surface area contributed by atoms with Crippen LogP contribution in [0.2, 0.25) is 0 Å². The summed E-state index contributed by atoms with van der Waals surface area (Å²) < 4.78 is 51.4. The number of rotatable bonds is 3. The van der Waals surface area contributed by atoms with Crippen molar-refractivity contribution in [3.05, 3.63) is 29.6 Å². The van der Waals surface area contributed by atoms with Gasteiger partial charge in [-0.25, -0.2) is 4.39 Å².